The Morgan fingerprint density at radius 2 is 1.90 bits per heavy atom. The predicted octanol–water partition coefficient (Wildman–Crippen LogP) is 1.65. The second-order valence-electron chi connectivity index (χ2n) is 4.85. The summed E-state index contributed by atoms with van der Waals surface area (Å²) in [6, 6.07) is 7.21. The second kappa shape index (κ2) is 6.39. The molecule has 0 spiro atoms. The highest BCUT2D eigenvalue weighted by atomic mass is 16.2. The molecule has 0 fully saturated rings. The fourth-order valence-electron chi connectivity index (χ4n) is 2.04. The number of carbonyl (C=O) groups excluding carboxylic acids is 1. The van der Waals surface area contributed by atoms with Gasteiger partial charge in [-0.15, -0.1) is 0 Å². The summed E-state index contributed by atoms with van der Waals surface area (Å²) in [7, 11) is 1.75. The zero-order valence-corrected chi connectivity index (χ0v) is 12.7. The van der Waals surface area contributed by atoms with Gasteiger partial charge in [-0.1, -0.05) is 13.8 Å². The fraction of sp³-hybridized carbons (Fsp3) is 0.400. The number of carbonyl (C=O) groups is 1. The quantitative estimate of drug-likeness (QED) is 0.848. The third-order valence-electron chi connectivity index (χ3n) is 3.36. The minimum absolute atomic E-state index is 0.0398. The Labute approximate surface area is 124 Å². The normalized spacial score (nSPS) is 10.6. The standard InChI is InChI=1S/C15H21N5O/c1-4-13-17-14(5-2)20(18-13)10-15(21)19(3)12-8-6-11(16)7-9-12/h6-9H,4-5,10,16H2,1-3H3. The molecule has 2 N–H and O–H groups in total. The monoisotopic (exact) mass is 287 g/mol. The summed E-state index contributed by atoms with van der Waals surface area (Å²) in [5.74, 6) is 1.57. The molecule has 0 atom stereocenters. The van der Waals surface area contributed by atoms with E-state index in [-0.39, 0.29) is 12.5 Å². The van der Waals surface area contributed by atoms with E-state index in [2.05, 4.69) is 10.1 Å². The number of nitrogens with zero attached hydrogens (tertiary/aromatic N) is 4. The van der Waals surface area contributed by atoms with E-state index < -0.39 is 0 Å². The van der Waals surface area contributed by atoms with Gasteiger partial charge in [-0.25, -0.2) is 9.67 Å². The van der Waals surface area contributed by atoms with Gasteiger partial charge in [0.1, 0.15) is 12.4 Å². The highest BCUT2D eigenvalue weighted by molar-refractivity contribution is 5.92. The average molecular weight is 287 g/mol. The minimum Gasteiger partial charge on any atom is -0.399 e. The molecule has 0 saturated heterocycles. The first kappa shape index (κ1) is 15.0. The van der Waals surface area contributed by atoms with Gasteiger partial charge in [-0.05, 0) is 24.3 Å². The van der Waals surface area contributed by atoms with Crippen LogP contribution in [0.2, 0.25) is 0 Å². The van der Waals surface area contributed by atoms with Crippen molar-refractivity contribution in [1.82, 2.24) is 14.8 Å². The number of rotatable bonds is 5. The van der Waals surface area contributed by atoms with Crippen LogP contribution in [0, 0.1) is 0 Å². The Hall–Kier alpha value is -2.37. The van der Waals surface area contributed by atoms with Crippen LogP contribution in [0.3, 0.4) is 0 Å². The van der Waals surface area contributed by atoms with Crippen molar-refractivity contribution in [2.75, 3.05) is 17.7 Å². The molecular formula is C15H21N5O. The summed E-state index contributed by atoms with van der Waals surface area (Å²) in [6.45, 7) is 4.20. The molecule has 1 aromatic heterocycles. The van der Waals surface area contributed by atoms with E-state index in [4.69, 9.17) is 5.73 Å². The molecule has 0 bridgehead atoms. The van der Waals surface area contributed by atoms with E-state index in [1.54, 1.807) is 28.8 Å². The van der Waals surface area contributed by atoms with E-state index >= 15 is 0 Å². The van der Waals surface area contributed by atoms with Crippen molar-refractivity contribution in [3.8, 4) is 0 Å². The van der Waals surface area contributed by atoms with E-state index in [0.29, 0.717) is 5.69 Å². The summed E-state index contributed by atoms with van der Waals surface area (Å²) < 4.78 is 1.69. The van der Waals surface area contributed by atoms with Crippen LogP contribution < -0.4 is 10.6 Å². The molecule has 6 nitrogen and oxygen atoms in total. The Morgan fingerprint density at radius 1 is 1.24 bits per heavy atom. The maximum Gasteiger partial charge on any atom is 0.248 e. The summed E-state index contributed by atoms with van der Waals surface area (Å²) in [6.07, 6.45) is 1.52. The molecular weight excluding hydrogens is 266 g/mol. The molecule has 0 aliphatic rings. The largest absolute Gasteiger partial charge is 0.399 e. The van der Waals surface area contributed by atoms with Crippen LogP contribution >= 0.6 is 0 Å². The third-order valence-corrected chi connectivity index (χ3v) is 3.36. The van der Waals surface area contributed by atoms with Crippen LogP contribution in [0.25, 0.3) is 0 Å². The van der Waals surface area contributed by atoms with Crippen molar-refractivity contribution >= 4 is 17.3 Å². The maximum atomic E-state index is 12.4. The van der Waals surface area contributed by atoms with Crippen LogP contribution in [0.15, 0.2) is 24.3 Å². The number of amides is 1. The zero-order chi connectivity index (χ0) is 15.4. The number of hydrogen-bond donors (Lipinski definition) is 1. The van der Waals surface area contributed by atoms with E-state index in [9.17, 15) is 4.79 Å². The Morgan fingerprint density at radius 3 is 2.48 bits per heavy atom. The van der Waals surface area contributed by atoms with Crippen LogP contribution in [0.1, 0.15) is 25.5 Å². The first-order valence-corrected chi connectivity index (χ1v) is 7.09. The molecule has 1 heterocycles. The third kappa shape index (κ3) is 3.39. The van der Waals surface area contributed by atoms with E-state index in [0.717, 1.165) is 30.2 Å². The molecule has 2 aromatic rings. The lowest BCUT2D eigenvalue weighted by molar-refractivity contribution is -0.119. The number of aryl methyl sites for hydroxylation is 2. The molecule has 21 heavy (non-hydrogen) atoms. The number of nitrogens with two attached hydrogens (primary N) is 1. The average Bonchev–Trinajstić information content (AvgIpc) is 2.89. The van der Waals surface area contributed by atoms with Crippen LogP contribution in [0.4, 0.5) is 11.4 Å². The highest BCUT2D eigenvalue weighted by Crippen LogP contribution is 2.15. The first-order chi connectivity index (χ1) is 10.0. The van der Waals surface area contributed by atoms with E-state index in [1.807, 2.05) is 26.0 Å². The van der Waals surface area contributed by atoms with Gasteiger partial charge >= 0.3 is 0 Å². The Bertz CT molecular complexity index is 617. The van der Waals surface area contributed by atoms with E-state index in [1.165, 1.54) is 0 Å². The highest BCUT2D eigenvalue weighted by Gasteiger charge is 2.15. The molecule has 2 rings (SSSR count). The van der Waals surface area contributed by atoms with Gasteiger partial charge in [0, 0.05) is 31.3 Å². The maximum absolute atomic E-state index is 12.4. The number of likely N-dealkylation sites (N-methyl/N-ethyl adjacent to an activating group) is 1. The van der Waals surface area contributed by atoms with Crippen LogP contribution in [-0.2, 0) is 24.2 Å². The number of nitrogen functional groups attached to an aromatic ring is 1. The van der Waals surface area contributed by atoms with Crippen molar-refractivity contribution in [2.45, 2.75) is 33.2 Å². The van der Waals surface area contributed by atoms with Crippen molar-refractivity contribution < 1.29 is 4.79 Å². The topological polar surface area (TPSA) is 77.0 Å². The summed E-state index contributed by atoms with van der Waals surface area (Å²) >= 11 is 0. The molecule has 1 amide bonds. The minimum atomic E-state index is -0.0398. The first-order valence-electron chi connectivity index (χ1n) is 7.09. The summed E-state index contributed by atoms with van der Waals surface area (Å²) in [4.78, 5) is 18.4. The van der Waals surface area contributed by atoms with Crippen LogP contribution in [-0.4, -0.2) is 27.7 Å². The lowest BCUT2D eigenvalue weighted by atomic mass is 10.2. The molecule has 0 aliphatic heterocycles. The van der Waals surface area contributed by atoms with Gasteiger partial charge in [0.2, 0.25) is 5.91 Å². The van der Waals surface area contributed by atoms with Gasteiger partial charge in [0.15, 0.2) is 5.82 Å². The van der Waals surface area contributed by atoms with Crippen LogP contribution in [0.5, 0.6) is 0 Å². The fourth-order valence-corrected chi connectivity index (χ4v) is 2.04. The molecule has 112 valence electrons. The molecule has 6 heteroatoms. The van der Waals surface area contributed by atoms with Crippen molar-refractivity contribution in [3.63, 3.8) is 0 Å². The molecule has 0 aliphatic carbocycles. The van der Waals surface area contributed by atoms with Gasteiger partial charge in [-0.3, -0.25) is 4.79 Å². The van der Waals surface area contributed by atoms with Gasteiger partial charge in [0.05, 0.1) is 0 Å². The molecule has 0 unspecified atom stereocenters. The summed E-state index contributed by atoms with van der Waals surface area (Å²) in [5, 5.41) is 4.37. The second-order valence-corrected chi connectivity index (χ2v) is 4.85. The smallest absolute Gasteiger partial charge is 0.248 e. The van der Waals surface area contributed by atoms with Crippen molar-refractivity contribution in [1.29, 1.82) is 0 Å². The zero-order valence-electron chi connectivity index (χ0n) is 12.7. The van der Waals surface area contributed by atoms with Gasteiger partial charge in [-0.2, -0.15) is 5.10 Å². The number of benzene rings is 1. The number of aromatic nitrogens is 3. The molecule has 1 aromatic carbocycles. The van der Waals surface area contributed by atoms with Gasteiger partial charge < -0.3 is 10.6 Å². The molecule has 0 radical (unpaired) electrons. The Kier molecular flexibility index (Phi) is 4.57. The molecule has 0 saturated carbocycles. The summed E-state index contributed by atoms with van der Waals surface area (Å²) in [5.41, 5.74) is 7.14. The lowest BCUT2D eigenvalue weighted by Gasteiger charge is -2.17. The predicted molar refractivity (Wildman–Crippen MR) is 83.0 cm³/mol. The lowest BCUT2D eigenvalue weighted by Crippen LogP contribution is -2.31. The van der Waals surface area contributed by atoms with Gasteiger partial charge in [0.25, 0.3) is 0 Å². The SMILES string of the molecule is CCc1nc(CC)n(CC(=O)N(C)c2ccc(N)cc2)n1. The van der Waals surface area contributed by atoms with Crippen molar-refractivity contribution in [2.24, 2.45) is 0 Å². The number of anilines is 2. The Balaban J connectivity index is 2.13. The van der Waals surface area contributed by atoms with Crippen molar-refractivity contribution in [3.05, 3.63) is 35.9 Å². The number of hydrogen-bond acceptors (Lipinski definition) is 4.